The lowest BCUT2D eigenvalue weighted by molar-refractivity contribution is -0.146. The predicted molar refractivity (Wildman–Crippen MR) is 175 cm³/mol. The number of ether oxygens (including phenoxy) is 3. The number of nitrogen functional groups attached to an aromatic ring is 1. The van der Waals surface area contributed by atoms with E-state index in [1.807, 2.05) is 0 Å². The number of fused-ring (bicyclic) bond motifs is 2. The van der Waals surface area contributed by atoms with Gasteiger partial charge in [0, 0.05) is 13.1 Å². The summed E-state index contributed by atoms with van der Waals surface area (Å²) in [6.45, 7) is 13.3. The second-order valence-corrected chi connectivity index (χ2v) is 15.3. The highest BCUT2D eigenvalue weighted by Gasteiger charge is 2.85. The molecule has 3 unspecified atom stereocenters. The first-order valence-electron chi connectivity index (χ1n) is 16.6. The predicted octanol–water partition coefficient (Wildman–Crippen LogP) is 1.29. The van der Waals surface area contributed by atoms with Crippen LogP contribution in [0.15, 0.2) is 6.33 Å². The first-order chi connectivity index (χ1) is 22.6. The van der Waals surface area contributed by atoms with Crippen LogP contribution in [-0.2, 0) is 32.9 Å². The molecule has 0 radical (unpaired) electrons. The van der Waals surface area contributed by atoms with Crippen LogP contribution in [0.4, 0.5) is 11.8 Å². The molecule has 4 heterocycles. The zero-order valence-electron chi connectivity index (χ0n) is 28.6. The number of imidazole rings is 1. The van der Waals surface area contributed by atoms with Crippen LogP contribution in [0, 0.1) is 11.8 Å². The molecule has 2 saturated heterocycles. The van der Waals surface area contributed by atoms with Gasteiger partial charge in [0.05, 0.1) is 26.1 Å². The van der Waals surface area contributed by atoms with Crippen molar-refractivity contribution < 1.29 is 43.1 Å². The summed E-state index contributed by atoms with van der Waals surface area (Å²) in [6, 6.07) is -2.92. The molecule has 0 bridgehead atoms. The molecule has 1 saturated carbocycles. The Labute approximate surface area is 279 Å². The minimum Gasteiger partial charge on any atom is -0.465 e. The molecule has 5 rings (SSSR count). The minimum absolute atomic E-state index is 0.0580. The van der Waals surface area contributed by atoms with Gasteiger partial charge in [0.25, 0.3) is 0 Å². The molecule has 48 heavy (non-hydrogen) atoms. The van der Waals surface area contributed by atoms with Crippen molar-refractivity contribution in [3.63, 3.8) is 0 Å². The fourth-order valence-electron chi connectivity index (χ4n) is 6.78. The molecular formula is C30H49N8O9P. The number of aliphatic hydroxyl groups is 2. The van der Waals surface area contributed by atoms with Gasteiger partial charge in [0.15, 0.2) is 17.0 Å². The van der Waals surface area contributed by atoms with E-state index in [9.17, 15) is 24.4 Å². The molecule has 2 aliphatic heterocycles. The maximum Gasteiger partial charge on any atom is 0.342 e. The fraction of sp³-hybridized carbons (Fsp3) is 0.767. The van der Waals surface area contributed by atoms with E-state index in [0.29, 0.717) is 17.0 Å². The van der Waals surface area contributed by atoms with Gasteiger partial charge in [-0.05, 0) is 45.4 Å². The topological polar surface area (TPSA) is 226 Å². The number of carbonyl (C=O) groups is 2. The van der Waals surface area contributed by atoms with Crippen molar-refractivity contribution >= 4 is 42.5 Å². The van der Waals surface area contributed by atoms with E-state index < -0.39 is 67.8 Å². The van der Waals surface area contributed by atoms with Crippen LogP contribution in [-0.4, -0.2) is 110 Å². The Kier molecular flexibility index (Phi) is 10.4. The number of anilines is 2. The lowest BCUT2D eigenvalue weighted by atomic mass is 10.1. The second kappa shape index (κ2) is 13.8. The largest absolute Gasteiger partial charge is 0.465 e. The fourth-order valence-corrected chi connectivity index (χ4v) is 8.90. The molecule has 3 aliphatic rings. The van der Waals surface area contributed by atoms with Crippen LogP contribution < -0.4 is 20.8 Å². The number of rotatable bonds is 15. The summed E-state index contributed by atoms with van der Waals surface area (Å²) >= 11 is 0. The maximum absolute atomic E-state index is 14.4. The van der Waals surface area contributed by atoms with Crippen molar-refractivity contribution in [1.29, 1.82) is 0 Å². The van der Waals surface area contributed by atoms with E-state index in [0.717, 1.165) is 25.9 Å². The molecule has 0 amide bonds. The molecule has 0 spiro atoms. The highest BCUT2D eigenvalue weighted by Crippen LogP contribution is 2.68. The number of aliphatic hydroxyl groups excluding tert-OH is 1. The van der Waals surface area contributed by atoms with Gasteiger partial charge in [0.1, 0.15) is 41.5 Å². The Morgan fingerprint density at radius 2 is 1.65 bits per heavy atom. The normalized spacial score (nSPS) is 28.2. The Morgan fingerprint density at radius 1 is 1.08 bits per heavy atom. The van der Waals surface area contributed by atoms with Crippen molar-refractivity contribution in [2.24, 2.45) is 11.8 Å². The van der Waals surface area contributed by atoms with E-state index in [2.05, 4.69) is 30.0 Å². The van der Waals surface area contributed by atoms with E-state index in [1.54, 1.807) is 53.0 Å². The van der Waals surface area contributed by atoms with Crippen molar-refractivity contribution in [2.45, 2.75) is 103 Å². The monoisotopic (exact) mass is 696 g/mol. The number of hydrogen-bond acceptors (Lipinski definition) is 14. The number of nitrogens with zero attached hydrogens (tertiary/aromatic N) is 5. The Balaban J connectivity index is 1.37. The molecule has 1 aliphatic carbocycles. The first kappa shape index (κ1) is 36.4. The number of esters is 2. The zero-order chi connectivity index (χ0) is 35.2. The number of nitrogens with one attached hydrogen (secondary N) is 2. The SMILES string of the molecule is CCOC(=O)[C@@H](NP(=O)(N[C@H](C(=O)OCC)C(C)C)OC[C@H]1OC2(C)[C@@H](n3cnc4c(N5CCCC5)nc(N)nc43)C2(O)C1O)C(C)C. The average Bonchev–Trinajstić information content (AvgIpc) is 3.54. The molecular weight excluding hydrogens is 647 g/mol. The molecule has 268 valence electrons. The van der Waals surface area contributed by atoms with Crippen LogP contribution >= 0.6 is 7.67 Å². The lowest BCUT2D eigenvalue weighted by Crippen LogP contribution is -2.49. The number of carbonyl (C=O) groups excluding carboxylic acids is 2. The van der Waals surface area contributed by atoms with Crippen LogP contribution in [0.3, 0.4) is 0 Å². The highest BCUT2D eigenvalue weighted by molar-refractivity contribution is 7.54. The van der Waals surface area contributed by atoms with Crippen LogP contribution in [0.2, 0.25) is 0 Å². The third kappa shape index (κ3) is 6.41. The van der Waals surface area contributed by atoms with Crippen LogP contribution in [0.5, 0.6) is 0 Å². The van der Waals surface area contributed by atoms with E-state index in [4.69, 9.17) is 24.5 Å². The summed E-state index contributed by atoms with van der Waals surface area (Å²) < 4.78 is 38.6. The molecule has 17 nitrogen and oxygen atoms in total. The number of hydrogen-bond donors (Lipinski definition) is 5. The highest BCUT2D eigenvalue weighted by atomic mass is 31.2. The minimum atomic E-state index is -4.27. The van der Waals surface area contributed by atoms with Crippen molar-refractivity contribution in [3.8, 4) is 0 Å². The summed E-state index contributed by atoms with van der Waals surface area (Å²) in [4.78, 5) is 41.1. The summed E-state index contributed by atoms with van der Waals surface area (Å²) in [7, 11) is -4.27. The quantitative estimate of drug-likeness (QED) is 0.131. The Morgan fingerprint density at radius 3 is 2.12 bits per heavy atom. The maximum atomic E-state index is 14.4. The van der Waals surface area contributed by atoms with Gasteiger partial charge in [-0.1, -0.05) is 27.7 Å². The van der Waals surface area contributed by atoms with Crippen molar-refractivity contribution in [2.75, 3.05) is 43.5 Å². The van der Waals surface area contributed by atoms with E-state index in [1.165, 1.54) is 6.33 Å². The molecule has 2 aromatic rings. The van der Waals surface area contributed by atoms with Crippen molar-refractivity contribution in [1.82, 2.24) is 29.7 Å². The van der Waals surface area contributed by atoms with Gasteiger partial charge in [0.2, 0.25) is 5.95 Å². The van der Waals surface area contributed by atoms with Crippen LogP contribution in [0.25, 0.3) is 11.2 Å². The molecule has 3 fully saturated rings. The molecule has 0 aromatic carbocycles. The summed E-state index contributed by atoms with van der Waals surface area (Å²) in [6.07, 6.45) is 0.943. The first-order valence-corrected chi connectivity index (χ1v) is 18.2. The average molecular weight is 697 g/mol. The number of aromatic nitrogens is 4. The summed E-state index contributed by atoms with van der Waals surface area (Å²) in [5.41, 5.74) is 3.92. The summed E-state index contributed by atoms with van der Waals surface area (Å²) in [5, 5.41) is 28.8. The van der Waals surface area contributed by atoms with E-state index in [-0.39, 0.29) is 31.0 Å². The number of nitrogens with two attached hydrogens (primary N) is 1. The Bertz CT molecular complexity index is 1520. The zero-order valence-corrected chi connectivity index (χ0v) is 29.5. The van der Waals surface area contributed by atoms with E-state index >= 15 is 0 Å². The molecule has 6 N–H and O–H groups in total. The van der Waals surface area contributed by atoms with Gasteiger partial charge in [-0.25, -0.2) is 15.2 Å². The van der Waals surface area contributed by atoms with Gasteiger partial charge < -0.3 is 44.1 Å². The lowest BCUT2D eigenvalue weighted by Gasteiger charge is -2.32. The van der Waals surface area contributed by atoms with Gasteiger partial charge >= 0.3 is 19.6 Å². The van der Waals surface area contributed by atoms with Gasteiger partial charge in [-0.15, -0.1) is 0 Å². The third-order valence-electron chi connectivity index (χ3n) is 9.41. The van der Waals surface area contributed by atoms with Crippen LogP contribution in [0.1, 0.15) is 67.3 Å². The van der Waals surface area contributed by atoms with Gasteiger partial charge in [-0.3, -0.25) is 14.2 Å². The van der Waals surface area contributed by atoms with Crippen molar-refractivity contribution in [3.05, 3.63) is 6.33 Å². The molecule has 7 atom stereocenters. The second-order valence-electron chi connectivity index (χ2n) is 13.4. The Hall–Kier alpha value is -2.92. The third-order valence-corrected chi connectivity index (χ3v) is 11.2. The standard InChI is InChI=1S/C30H49N8O9P/c1-8-44-25(40)19(16(3)4)35-48(43,36-20(17(5)6)26(41)45-9-2)46-14-18-22(39)30(42)27(29(30,7)47-18)38-15-32-21-23(37-12-10-11-13-37)33-28(31)34-24(21)38/h15-20,22,27,39,42H,8-14H2,1-7H3,(H2,31,33,34)(H2,35,36,43)/t18-,19+,20+,22?,27-,29?,30?/m1/s1. The molecule has 18 heteroatoms. The summed E-state index contributed by atoms with van der Waals surface area (Å²) in [5.74, 6) is -1.38. The van der Waals surface area contributed by atoms with Gasteiger partial charge in [-0.2, -0.15) is 9.97 Å². The smallest absolute Gasteiger partial charge is 0.342 e. The molecule has 2 aromatic heterocycles.